The van der Waals surface area contributed by atoms with E-state index in [1.165, 1.54) is 40.6 Å². The molecule has 31 heavy (non-hydrogen) atoms. The number of ether oxygens (including phenoxy) is 2. The van der Waals surface area contributed by atoms with Crippen LogP contribution in [-0.2, 0) is 11.2 Å². The third kappa shape index (κ3) is 5.36. The molecule has 9 heteroatoms. The molecule has 2 atom stereocenters. The Balaban J connectivity index is 1.46. The molecule has 1 aliphatic rings. The lowest BCUT2D eigenvalue weighted by Gasteiger charge is -2.31. The fourth-order valence-corrected chi connectivity index (χ4v) is 5.98. The van der Waals surface area contributed by atoms with Gasteiger partial charge in [-0.3, -0.25) is 10.1 Å². The van der Waals surface area contributed by atoms with Gasteiger partial charge in [0.1, 0.15) is 16.9 Å². The number of benzene rings is 2. The minimum Gasteiger partial charge on any atom is -0.429 e. The van der Waals surface area contributed by atoms with E-state index >= 15 is 0 Å². The summed E-state index contributed by atoms with van der Waals surface area (Å²) >= 11 is 0. The average Bonchev–Trinajstić information content (AvgIpc) is 2.79. The first-order valence-electron chi connectivity index (χ1n) is 9.55. The summed E-state index contributed by atoms with van der Waals surface area (Å²) < 4.78 is 10.9. The monoisotopic (exact) mass is 454 g/mol. The van der Waals surface area contributed by atoms with Crippen molar-refractivity contribution in [3.05, 3.63) is 94.2 Å². The molecule has 1 aromatic heterocycles. The lowest BCUT2D eigenvalue weighted by Crippen LogP contribution is -2.29. The molecule has 0 bridgehead atoms. The van der Waals surface area contributed by atoms with Crippen molar-refractivity contribution in [3.8, 4) is 5.75 Å². The first kappa shape index (κ1) is 21.2. The van der Waals surface area contributed by atoms with Crippen LogP contribution in [0.3, 0.4) is 0 Å². The van der Waals surface area contributed by atoms with Crippen LogP contribution < -0.4 is 4.74 Å². The van der Waals surface area contributed by atoms with Crippen molar-refractivity contribution >= 4 is 33.4 Å². The summed E-state index contributed by atoms with van der Waals surface area (Å²) in [5, 5.41) is 11.6. The quantitative estimate of drug-likeness (QED) is 0.147. The van der Waals surface area contributed by atoms with E-state index in [0.29, 0.717) is 6.42 Å². The van der Waals surface area contributed by atoms with E-state index in [0.717, 1.165) is 17.0 Å². The normalized spacial score (nSPS) is 17.4. The molecule has 2 aromatic carbocycles. The number of carbonyl (C=O) groups is 1. The smallest absolute Gasteiger partial charge is 0.429 e. The van der Waals surface area contributed by atoms with Gasteiger partial charge in [0.05, 0.1) is 10.2 Å². The number of rotatable bonds is 6. The van der Waals surface area contributed by atoms with Crippen LogP contribution in [-0.4, -0.2) is 22.2 Å². The highest BCUT2D eigenvalue weighted by molar-refractivity contribution is 8.76. The van der Waals surface area contributed by atoms with Crippen LogP contribution in [0.5, 0.6) is 5.75 Å². The van der Waals surface area contributed by atoms with Gasteiger partial charge in [0, 0.05) is 18.3 Å². The second-order valence-corrected chi connectivity index (χ2v) is 9.13. The number of carbonyl (C=O) groups excluding carboxylic acids is 1. The van der Waals surface area contributed by atoms with Crippen LogP contribution in [0.1, 0.15) is 22.8 Å². The molecule has 0 saturated heterocycles. The summed E-state index contributed by atoms with van der Waals surface area (Å²) in [6, 6.07) is 19.2. The number of nitrogens with zero attached hydrogens (tertiary/aromatic N) is 2. The van der Waals surface area contributed by atoms with E-state index in [-0.39, 0.29) is 22.8 Å². The third-order valence-corrected chi connectivity index (χ3v) is 7.47. The molecule has 1 aliphatic carbocycles. The van der Waals surface area contributed by atoms with Crippen LogP contribution in [0.15, 0.2) is 78.0 Å². The largest absolute Gasteiger partial charge is 0.514 e. The average molecular weight is 455 g/mol. The van der Waals surface area contributed by atoms with Gasteiger partial charge in [-0.15, -0.1) is 0 Å². The molecule has 7 nitrogen and oxygen atoms in total. The fraction of sp³-hybridized carbons (Fsp3) is 0.182. The Morgan fingerprint density at radius 2 is 1.84 bits per heavy atom. The zero-order valence-corrected chi connectivity index (χ0v) is 17.9. The Labute approximate surface area is 186 Å². The lowest BCUT2D eigenvalue weighted by molar-refractivity contribution is -0.384. The first-order chi connectivity index (χ1) is 15.1. The van der Waals surface area contributed by atoms with Crippen LogP contribution >= 0.6 is 21.6 Å². The standard InChI is InChI=1S/C22H18N2O5S2/c25-22(28-17-11-9-16(10-12-17)24(26)27)29-19-13-8-15-5-1-2-6-18(15)21(19)31-30-20-7-3-4-14-23-20/h1-7,9-12,14,19,21H,8,13H2/t19-,21-/m0/s1. The van der Waals surface area contributed by atoms with Crippen LogP contribution in [0.4, 0.5) is 10.5 Å². The number of nitro benzene ring substituents is 1. The van der Waals surface area contributed by atoms with Gasteiger partial charge < -0.3 is 9.47 Å². The molecule has 0 radical (unpaired) electrons. The summed E-state index contributed by atoms with van der Waals surface area (Å²) in [6.45, 7) is 0. The van der Waals surface area contributed by atoms with Gasteiger partial charge in [0.25, 0.3) is 5.69 Å². The third-order valence-electron chi connectivity index (χ3n) is 4.77. The van der Waals surface area contributed by atoms with Crippen molar-refractivity contribution in [2.24, 2.45) is 0 Å². The van der Waals surface area contributed by atoms with Gasteiger partial charge in [0.2, 0.25) is 0 Å². The molecule has 0 fully saturated rings. The molecular formula is C22H18N2O5S2. The van der Waals surface area contributed by atoms with Gasteiger partial charge in [-0.05, 0) is 59.0 Å². The second-order valence-electron chi connectivity index (χ2n) is 6.76. The minimum atomic E-state index is -0.827. The number of non-ortho nitro benzene ring substituents is 1. The fourth-order valence-electron chi connectivity index (χ4n) is 3.30. The topological polar surface area (TPSA) is 91.6 Å². The predicted molar refractivity (Wildman–Crippen MR) is 119 cm³/mol. The predicted octanol–water partition coefficient (Wildman–Crippen LogP) is 6.00. The van der Waals surface area contributed by atoms with Gasteiger partial charge in [-0.1, -0.05) is 41.1 Å². The molecule has 4 rings (SSSR count). The number of pyridine rings is 1. The van der Waals surface area contributed by atoms with E-state index in [2.05, 4.69) is 17.1 Å². The molecule has 0 amide bonds. The highest BCUT2D eigenvalue weighted by Crippen LogP contribution is 2.48. The highest BCUT2D eigenvalue weighted by atomic mass is 33.1. The highest BCUT2D eigenvalue weighted by Gasteiger charge is 2.34. The lowest BCUT2D eigenvalue weighted by atomic mass is 9.89. The summed E-state index contributed by atoms with van der Waals surface area (Å²) in [6.07, 6.45) is 2.02. The van der Waals surface area contributed by atoms with Crippen LogP contribution in [0.25, 0.3) is 0 Å². The molecule has 0 spiro atoms. The summed E-state index contributed by atoms with van der Waals surface area (Å²) in [4.78, 5) is 27.0. The zero-order valence-electron chi connectivity index (χ0n) is 16.2. The number of hydrogen-bond acceptors (Lipinski definition) is 8. The zero-order chi connectivity index (χ0) is 21.6. The SMILES string of the molecule is O=C(Oc1ccc([N+](=O)[O-])cc1)O[C@H]1CCc2ccccc2[C@@H]1SSc1ccccn1. The second kappa shape index (κ2) is 9.84. The Morgan fingerprint density at radius 1 is 1.06 bits per heavy atom. The minimum absolute atomic E-state index is 0.0763. The number of aromatic nitrogens is 1. The van der Waals surface area contributed by atoms with E-state index in [1.54, 1.807) is 17.0 Å². The number of nitro groups is 1. The van der Waals surface area contributed by atoms with Gasteiger partial charge in [-0.2, -0.15) is 0 Å². The Bertz CT molecular complexity index is 1060. The Hall–Kier alpha value is -3.04. The van der Waals surface area contributed by atoms with Crippen molar-refractivity contribution in [1.29, 1.82) is 0 Å². The van der Waals surface area contributed by atoms with E-state index < -0.39 is 11.1 Å². The Morgan fingerprint density at radius 3 is 2.58 bits per heavy atom. The maximum atomic E-state index is 12.4. The summed E-state index contributed by atoms with van der Waals surface area (Å²) in [5.41, 5.74) is 2.30. The van der Waals surface area contributed by atoms with E-state index in [4.69, 9.17) is 9.47 Å². The number of hydrogen-bond donors (Lipinski definition) is 0. The molecule has 0 aliphatic heterocycles. The molecule has 0 unspecified atom stereocenters. The van der Waals surface area contributed by atoms with Crippen molar-refractivity contribution in [1.82, 2.24) is 4.98 Å². The van der Waals surface area contributed by atoms with Crippen molar-refractivity contribution in [2.75, 3.05) is 0 Å². The molecule has 3 aromatic rings. The molecule has 1 heterocycles. The van der Waals surface area contributed by atoms with Crippen molar-refractivity contribution < 1.29 is 19.2 Å². The number of aryl methyl sites for hydroxylation is 1. The van der Waals surface area contributed by atoms with E-state index in [1.807, 2.05) is 30.3 Å². The molecule has 158 valence electrons. The van der Waals surface area contributed by atoms with Gasteiger partial charge in [-0.25, -0.2) is 9.78 Å². The molecule has 0 saturated carbocycles. The molecule has 0 N–H and O–H groups in total. The molecular weight excluding hydrogens is 436 g/mol. The van der Waals surface area contributed by atoms with Crippen molar-refractivity contribution in [2.45, 2.75) is 29.2 Å². The Kier molecular flexibility index (Phi) is 6.73. The van der Waals surface area contributed by atoms with Crippen LogP contribution in [0.2, 0.25) is 0 Å². The van der Waals surface area contributed by atoms with Gasteiger partial charge in [0.15, 0.2) is 0 Å². The maximum absolute atomic E-state index is 12.4. The summed E-state index contributed by atoms with van der Waals surface area (Å²) in [7, 11) is 3.14. The van der Waals surface area contributed by atoms with E-state index in [9.17, 15) is 14.9 Å². The number of fused-ring (bicyclic) bond motifs is 1. The van der Waals surface area contributed by atoms with Crippen molar-refractivity contribution in [3.63, 3.8) is 0 Å². The van der Waals surface area contributed by atoms with Gasteiger partial charge >= 0.3 is 6.16 Å². The summed E-state index contributed by atoms with van der Waals surface area (Å²) in [5.74, 6) is 0.193. The first-order valence-corrected chi connectivity index (χ1v) is 11.8. The maximum Gasteiger partial charge on any atom is 0.514 e. The van der Waals surface area contributed by atoms with Crippen LogP contribution in [0, 0.1) is 10.1 Å².